The van der Waals surface area contributed by atoms with Crippen LogP contribution in [0.3, 0.4) is 0 Å². The fraction of sp³-hybridized carbons (Fsp3) is 0.500. The Labute approximate surface area is 149 Å². The van der Waals surface area contributed by atoms with E-state index in [0.29, 0.717) is 25.3 Å². The summed E-state index contributed by atoms with van der Waals surface area (Å²) in [5, 5.41) is 3.08. The van der Waals surface area contributed by atoms with Crippen LogP contribution in [0.15, 0.2) is 36.4 Å². The summed E-state index contributed by atoms with van der Waals surface area (Å²) in [7, 11) is 0. The summed E-state index contributed by atoms with van der Waals surface area (Å²) >= 11 is 0. The second-order valence-electron chi connectivity index (χ2n) is 7.48. The lowest BCUT2D eigenvalue weighted by molar-refractivity contribution is -0.154. The molecule has 1 heterocycles. The molecule has 1 N–H and O–H groups in total. The molecule has 0 atom stereocenters. The van der Waals surface area contributed by atoms with Crippen molar-refractivity contribution in [2.24, 2.45) is 0 Å². The Bertz CT molecular complexity index is 715. The first-order valence-electron chi connectivity index (χ1n) is 8.70. The zero-order valence-corrected chi connectivity index (χ0v) is 15.2. The fourth-order valence-electron chi connectivity index (χ4n) is 3.73. The van der Waals surface area contributed by atoms with E-state index in [9.17, 15) is 9.59 Å². The summed E-state index contributed by atoms with van der Waals surface area (Å²) in [5.41, 5.74) is 1.96. The number of likely N-dealkylation sites (tertiary alicyclic amines) is 1. The number of hydrogen-bond acceptors (Lipinski definition) is 3. The number of hydrogen-bond donors (Lipinski definition) is 1. The van der Waals surface area contributed by atoms with Gasteiger partial charge in [0.2, 0.25) is 11.8 Å². The van der Waals surface area contributed by atoms with Crippen LogP contribution in [0, 0.1) is 6.92 Å². The predicted molar refractivity (Wildman–Crippen MR) is 95.9 cm³/mol. The Kier molecular flexibility index (Phi) is 4.45. The molecule has 0 aromatic heterocycles. The van der Waals surface area contributed by atoms with Gasteiger partial charge in [-0.05, 0) is 32.3 Å². The van der Waals surface area contributed by atoms with Crippen LogP contribution >= 0.6 is 0 Å². The molecule has 1 saturated heterocycles. The second kappa shape index (κ2) is 6.30. The zero-order chi connectivity index (χ0) is 18.2. The Morgan fingerprint density at radius 3 is 2.48 bits per heavy atom. The highest BCUT2D eigenvalue weighted by molar-refractivity contribution is 5.93. The van der Waals surface area contributed by atoms with Gasteiger partial charge in [0.15, 0.2) is 0 Å². The second-order valence-corrected chi connectivity index (χ2v) is 7.48. The predicted octanol–water partition coefficient (Wildman–Crippen LogP) is 2.34. The van der Waals surface area contributed by atoms with Crippen molar-refractivity contribution in [1.82, 2.24) is 10.2 Å². The first-order chi connectivity index (χ1) is 11.8. The molecule has 0 spiro atoms. The highest BCUT2D eigenvalue weighted by Crippen LogP contribution is 2.52. The number of carbonyl (C=O) groups excluding carboxylic acids is 2. The number of carbonyl (C=O) groups is 2. The smallest absolute Gasteiger partial charge is 0.249 e. The topological polar surface area (TPSA) is 58.6 Å². The molecule has 1 aromatic rings. The van der Waals surface area contributed by atoms with E-state index in [1.54, 1.807) is 11.8 Å². The molecule has 2 fully saturated rings. The summed E-state index contributed by atoms with van der Waals surface area (Å²) in [5.74, 6) is -0.150. The minimum absolute atomic E-state index is 0.0598. The highest BCUT2D eigenvalue weighted by Gasteiger charge is 2.66. The monoisotopic (exact) mass is 342 g/mol. The SMILES string of the molecule is C=C(C)C(=O)N1CC(NC(C)=O)(C2(OCc3cccc(C)c3)CC2)C1. The van der Waals surface area contributed by atoms with E-state index in [2.05, 4.69) is 31.0 Å². The molecular formula is C20H26N2O3. The van der Waals surface area contributed by atoms with Gasteiger partial charge in [-0.25, -0.2) is 0 Å². The van der Waals surface area contributed by atoms with Crippen LogP contribution in [0.25, 0.3) is 0 Å². The number of nitrogens with one attached hydrogen (secondary N) is 1. The van der Waals surface area contributed by atoms with Crippen LogP contribution in [-0.4, -0.2) is 40.9 Å². The molecule has 134 valence electrons. The average Bonchev–Trinajstić information content (AvgIpc) is 3.29. The standard InChI is InChI=1S/C20H26N2O3/c1-14(2)18(24)22-12-19(13-22,21-16(4)23)20(8-9-20)25-11-17-7-5-6-15(3)10-17/h5-7,10H,1,8-9,11-13H2,2-4H3,(H,21,23). The summed E-state index contributed by atoms with van der Waals surface area (Å²) in [6, 6.07) is 8.24. The third-order valence-electron chi connectivity index (χ3n) is 5.16. The molecule has 2 amide bonds. The van der Waals surface area contributed by atoms with Crippen LogP contribution < -0.4 is 5.32 Å². The van der Waals surface area contributed by atoms with Gasteiger partial charge in [-0.1, -0.05) is 36.4 Å². The van der Waals surface area contributed by atoms with Crippen molar-refractivity contribution in [2.75, 3.05) is 13.1 Å². The quantitative estimate of drug-likeness (QED) is 0.807. The number of rotatable bonds is 6. The van der Waals surface area contributed by atoms with Crippen molar-refractivity contribution in [2.45, 2.75) is 51.4 Å². The van der Waals surface area contributed by atoms with E-state index < -0.39 is 5.54 Å². The van der Waals surface area contributed by atoms with E-state index >= 15 is 0 Å². The Morgan fingerprint density at radius 1 is 1.28 bits per heavy atom. The van der Waals surface area contributed by atoms with Crippen LogP contribution in [-0.2, 0) is 20.9 Å². The molecule has 0 unspecified atom stereocenters. The lowest BCUT2D eigenvalue weighted by atomic mass is 9.80. The van der Waals surface area contributed by atoms with Gasteiger partial charge in [-0.2, -0.15) is 0 Å². The van der Waals surface area contributed by atoms with E-state index in [1.165, 1.54) is 12.5 Å². The Morgan fingerprint density at radius 2 is 1.96 bits per heavy atom. The first kappa shape index (κ1) is 17.7. The molecule has 0 bridgehead atoms. The molecule has 1 saturated carbocycles. The molecule has 1 aliphatic carbocycles. The van der Waals surface area contributed by atoms with Crippen LogP contribution in [0.2, 0.25) is 0 Å². The van der Waals surface area contributed by atoms with E-state index in [1.807, 2.05) is 12.1 Å². The number of amides is 2. The van der Waals surface area contributed by atoms with Crippen LogP contribution in [0.4, 0.5) is 0 Å². The molecule has 25 heavy (non-hydrogen) atoms. The molecule has 1 aromatic carbocycles. The van der Waals surface area contributed by atoms with Gasteiger partial charge in [0.25, 0.3) is 0 Å². The summed E-state index contributed by atoms with van der Waals surface area (Å²) < 4.78 is 6.30. The number of nitrogens with zero attached hydrogens (tertiary/aromatic N) is 1. The van der Waals surface area contributed by atoms with Gasteiger partial charge < -0.3 is 15.0 Å². The maximum Gasteiger partial charge on any atom is 0.249 e. The van der Waals surface area contributed by atoms with Gasteiger partial charge >= 0.3 is 0 Å². The molecule has 2 aliphatic rings. The maximum absolute atomic E-state index is 12.1. The minimum Gasteiger partial charge on any atom is -0.368 e. The number of benzene rings is 1. The van der Waals surface area contributed by atoms with Gasteiger partial charge in [0, 0.05) is 25.6 Å². The molecule has 3 rings (SSSR count). The van der Waals surface area contributed by atoms with Crippen molar-refractivity contribution in [3.63, 3.8) is 0 Å². The van der Waals surface area contributed by atoms with Gasteiger partial charge in [0.1, 0.15) is 5.54 Å². The van der Waals surface area contributed by atoms with Crippen molar-refractivity contribution < 1.29 is 14.3 Å². The molecule has 1 aliphatic heterocycles. The Hall–Kier alpha value is -2.14. The summed E-state index contributed by atoms with van der Waals surface area (Å²) in [6.07, 6.45) is 1.79. The fourth-order valence-corrected chi connectivity index (χ4v) is 3.73. The summed E-state index contributed by atoms with van der Waals surface area (Å²) in [4.78, 5) is 25.6. The van der Waals surface area contributed by atoms with E-state index in [-0.39, 0.29) is 17.4 Å². The van der Waals surface area contributed by atoms with Crippen molar-refractivity contribution in [3.8, 4) is 0 Å². The number of aryl methyl sites for hydroxylation is 1. The average molecular weight is 342 g/mol. The molecule has 0 radical (unpaired) electrons. The largest absolute Gasteiger partial charge is 0.368 e. The first-order valence-corrected chi connectivity index (χ1v) is 8.70. The van der Waals surface area contributed by atoms with E-state index in [0.717, 1.165) is 18.4 Å². The maximum atomic E-state index is 12.1. The van der Waals surface area contributed by atoms with Gasteiger partial charge in [-0.15, -0.1) is 0 Å². The summed E-state index contributed by atoms with van der Waals surface area (Å²) in [6.45, 7) is 10.5. The van der Waals surface area contributed by atoms with Crippen LogP contribution in [0.5, 0.6) is 0 Å². The van der Waals surface area contributed by atoms with E-state index in [4.69, 9.17) is 4.74 Å². The zero-order valence-electron chi connectivity index (χ0n) is 15.2. The van der Waals surface area contributed by atoms with Crippen LogP contribution in [0.1, 0.15) is 37.8 Å². The Balaban J connectivity index is 1.72. The normalized spacial score (nSPS) is 19.7. The van der Waals surface area contributed by atoms with Crippen molar-refractivity contribution in [3.05, 3.63) is 47.5 Å². The number of ether oxygens (including phenoxy) is 1. The minimum atomic E-state index is -0.492. The molecular weight excluding hydrogens is 316 g/mol. The van der Waals surface area contributed by atoms with Gasteiger partial charge in [0.05, 0.1) is 12.2 Å². The molecule has 5 heteroatoms. The molecule has 5 nitrogen and oxygen atoms in total. The van der Waals surface area contributed by atoms with Crippen molar-refractivity contribution in [1.29, 1.82) is 0 Å². The lowest BCUT2D eigenvalue weighted by Gasteiger charge is -2.54. The highest BCUT2D eigenvalue weighted by atomic mass is 16.5. The lowest BCUT2D eigenvalue weighted by Crippen LogP contribution is -2.77. The van der Waals surface area contributed by atoms with Crippen molar-refractivity contribution >= 4 is 11.8 Å². The third-order valence-corrected chi connectivity index (χ3v) is 5.16. The third kappa shape index (κ3) is 3.33. The van der Waals surface area contributed by atoms with Gasteiger partial charge in [-0.3, -0.25) is 9.59 Å².